The van der Waals surface area contributed by atoms with Crippen LogP contribution in [0.3, 0.4) is 0 Å². The van der Waals surface area contributed by atoms with E-state index in [2.05, 4.69) is 10.3 Å². The average Bonchev–Trinajstić information content (AvgIpc) is 3.23. The molecule has 8 nitrogen and oxygen atoms in total. The summed E-state index contributed by atoms with van der Waals surface area (Å²) < 4.78 is 55.0. The predicted molar refractivity (Wildman–Crippen MR) is 120 cm³/mol. The van der Waals surface area contributed by atoms with Crippen molar-refractivity contribution in [3.8, 4) is 5.69 Å². The summed E-state index contributed by atoms with van der Waals surface area (Å²) in [6, 6.07) is 6.76. The number of halogens is 4. The summed E-state index contributed by atoms with van der Waals surface area (Å²) in [5.41, 5.74) is -1.07. The molecule has 1 saturated heterocycles. The number of aryl methyl sites for hydroxylation is 1. The molecule has 1 aliphatic heterocycles. The van der Waals surface area contributed by atoms with Gasteiger partial charge in [0.1, 0.15) is 17.3 Å². The first-order valence-corrected chi connectivity index (χ1v) is 10.8. The van der Waals surface area contributed by atoms with E-state index in [1.165, 1.54) is 12.1 Å². The summed E-state index contributed by atoms with van der Waals surface area (Å²) in [6.07, 6.45) is -0.849. The van der Waals surface area contributed by atoms with Gasteiger partial charge in [-0.25, -0.2) is 9.37 Å². The summed E-state index contributed by atoms with van der Waals surface area (Å²) in [6.45, 7) is 2.23. The maximum absolute atomic E-state index is 14.6. The molecule has 35 heavy (non-hydrogen) atoms. The summed E-state index contributed by atoms with van der Waals surface area (Å²) in [4.78, 5) is 28.9. The fraction of sp³-hybridized carbons (Fsp3) is 0.304. The molecule has 184 valence electrons. The minimum atomic E-state index is -4.69. The molecule has 1 N–H and O–H groups in total. The van der Waals surface area contributed by atoms with Gasteiger partial charge in [-0.15, -0.1) is 0 Å². The Hall–Kier alpha value is -3.96. The van der Waals surface area contributed by atoms with Gasteiger partial charge in [-0.1, -0.05) is 0 Å². The zero-order chi connectivity index (χ0) is 25.3. The topological polar surface area (TPSA) is 93.3 Å². The Morgan fingerprint density at radius 2 is 1.83 bits per heavy atom. The number of nitro benzene ring substituents is 1. The van der Waals surface area contributed by atoms with Gasteiger partial charge in [-0.05, 0) is 50.1 Å². The van der Waals surface area contributed by atoms with Crippen LogP contribution in [0.1, 0.15) is 24.2 Å². The highest BCUT2D eigenvalue weighted by Crippen LogP contribution is 2.37. The third kappa shape index (κ3) is 5.10. The molecular weight excluding hydrogens is 470 g/mol. The molecule has 0 radical (unpaired) electrons. The van der Waals surface area contributed by atoms with Gasteiger partial charge in [0.15, 0.2) is 0 Å². The van der Waals surface area contributed by atoms with Crippen LogP contribution >= 0.6 is 0 Å². The highest BCUT2D eigenvalue weighted by molar-refractivity contribution is 5.92. The van der Waals surface area contributed by atoms with Crippen molar-refractivity contribution < 1.29 is 27.3 Å². The van der Waals surface area contributed by atoms with Gasteiger partial charge in [0.05, 0.1) is 16.2 Å². The molecule has 0 aliphatic carbocycles. The number of amides is 1. The molecule has 1 aromatic heterocycles. The van der Waals surface area contributed by atoms with E-state index in [1.54, 1.807) is 34.9 Å². The number of nitrogens with one attached hydrogen (secondary N) is 1. The molecule has 12 heteroatoms. The van der Waals surface area contributed by atoms with Crippen LogP contribution in [0.15, 0.2) is 48.8 Å². The summed E-state index contributed by atoms with van der Waals surface area (Å²) in [7, 11) is 0. The number of imidazole rings is 1. The van der Waals surface area contributed by atoms with E-state index < -0.39 is 34.1 Å². The molecule has 2 heterocycles. The van der Waals surface area contributed by atoms with Gasteiger partial charge in [0.25, 0.3) is 5.69 Å². The molecular formula is C23H21F4N5O3. The van der Waals surface area contributed by atoms with Crippen LogP contribution in [0.5, 0.6) is 0 Å². The van der Waals surface area contributed by atoms with Crippen molar-refractivity contribution in [1.82, 2.24) is 9.55 Å². The predicted octanol–water partition coefficient (Wildman–Crippen LogP) is 5.10. The SMILES string of the molecule is Cc1nccn1-c1ccc(NC(=O)C2CCN(c3ccc(C(F)(F)F)cc3[N+](=O)[O-])CC2)cc1F. The average molecular weight is 491 g/mol. The van der Waals surface area contributed by atoms with Crippen LogP contribution in [0.2, 0.25) is 0 Å². The number of anilines is 2. The van der Waals surface area contributed by atoms with Gasteiger partial charge in [0, 0.05) is 43.2 Å². The number of benzene rings is 2. The highest BCUT2D eigenvalue weighted by Gasteiger charge is 2.35. The van der Waals surface area contributed by atoms with Gasteiger partial charge in [-0.3, -0.25) is 14.9 Å². The smallest absolute Gasteiger partial charge is 0.366 e. The summed E-state index contributed by atoms with van der Waals surface area (Å²) in [5, 5.41) is 14.1. The van der Waals surface area contributed by atoms with Crippen molar-refractivity contribution >= 4 is 23.0 Å². The van der Waals surface area contributed by atoms with E-state index in [1.807, 2.05) is 0 Å². The lowest BCUT2D eigenvalue weighted by atomic mass is 9.95. The van der Waals surface area contributed by atoms with Gasteiger partial charge < -0.3 is 14.8 Å². The van der Waals surface area contributed by atoms with Gasteiger partial charge >= 0.3 is 6.18 Å². The van der Waals surface area contributed by atoms with E-state index in [4.69, 9.17) is 0 Å². The Morgan fingerprint density at radius 3 is 2.40 bits per heavy atom. The molecule has 3 aromatic rings. The fourth-order valence-electron chi connectivity index (χ4n) is 4.15. The third-order valence-corrected chi connectivity index (χ3v) is 6.01. The number of rotatable bonds is 5. The summed E-state index contributed by atoms with van der Waals surface area (Å²) >= 11 is 0. The van der Waals surface area contributed by atoms with E-state index in [0.717, 1.165) is 12.1 Å². The quantitative estimate of drug-likeness (QED) is 0.305. The Kier molecular flexibility index (Phi) is 6.46. The van der Waals surface area contributed by atoms with Crippen molar-refractivity contribution in [1.29, 1.82) is 0 Å². The van der Waals surface area contributed by atoms with Crippen molar-refractivity contribution in [2.75, 3.05) is 23.3 Å². The number of piperidine rings is 1. The van der Waals surface area contributed by atoms with E-state index in [9.17, 15) is 32.5 Å². The number of aromatic nitrogens is 2. The lowest BCUT2D eigenvalue weighted by Gasteiger charge is -2.32. The molecule has 0 spiro atoms. The number of hydrogen-bond acceptors (Lipinski definition) is 5. The zero-order valence-electron chi connectivity index (χ0n) is 18.6. The van der Waals surface area contributed by atoms with Crippen molar-refractivity contribution in [3.63, 3.8) is 0 Å². The zero-order valence-corrected chi connectivity index (χ0v) is 18.6. The number of hydrogen-bond donors (Lipinski definition) is 1. The number of carbonyl (C=O) groups is 1. The van der Waals surface area contributed by atoms with Crippen LogP contribution in [0.4, 0.5) is 34.6 Å². The minimum Gasteiger partial charge on any atom is -0.366 e. The molecule has 1 aliphatic rings. The monoisotopic (exact) mass is 491 g/mol. The van der Waals surface area contributed by atoms with E-state index >= 15 is 0 Å². The second-order valence-electron chi connectivity index (χ2n) is 8.22. The largest absolute Gasteiger partial charge is 0.416 e. The maximum Gasteiger partial charge on any atom is 0.416 e. The van der Waals surface area contributed by atoms with E-state index in [0.29, 0.717) is 30.4 Å². The van der Waals surface area contributed by atoms with Crippen LogP contribution < -0.4 is 10.2 Å². The Morgan fingerprint density at radius 1 is 1.14 bits per heavy atom. The third-order valence-electron chi connectivity index (χ3n) is 6.01. The first-order valence-electron chi connectivity index (χ1n) is 10.8. The van der Waals surface area contributed by atoms with Crippen LogP contribution in [-0.4, -0.2) is 33.5 Å². The van der Waals surface area contributed by atoms with Crippen LogP contribution in [-0.2, 0) is 11.0 Å². The lowest BCUT2D eigenvalue weighted by molar-refractivity contribution is -0.384. The molecule has 0 unspecified atom stereocenters. The lowest BCUT2D eigenvalue weighted by Crippen LogP contribution is -2.38. The first-order chi connectivity index (χ1) is 16.5. The van der Waals surface area contributed by atoms with Gasteiger partial charge in [0.2, 0.25) is 5.91 Å². The Labute approximate surface area is 197 Å². The van der Waals surface area contributed by atoms with Crippen molar-refractivity contribution in [2.45, 2.75) is 25.9 Å². The summed E-state index contributed by atoms with van der Waals surface area (Å²) in [5.74, 6) is -0.676. The molecule has 0 bridgehead atoms. The van der Waals surface area contributed by atoms with Crippen molar-refractivity contribution in [3.05, 3.63) is 76.1 Å². The molecule has 4 rings (SSSR count). The van der Waals surface area contributed by atoms with Crippen LogP contribution in [0.25, 0.3) is 5.69 Å². The van der Waals surface area contributed by atoms with Crippen LogP contribution in [0, 0.1) is 28.8 Å². The molecule has 0 saturated carbocycles. The number of nitro groups is 1. The maximum atomic E-state index is 14.6. The minimum absolute atomic E-state index is 0.0781. The van der Waals surface area contributed by atoms with Crippen molar-refractivity contribution in [2.24, 2.45) is 5.92 Å². The number of nitrogens with zero attached hydrogens (tertiary/aromatic N) is 4. The Balaban J connectivity index is 1.41. The van der Waals surface area contributed by atoms with Gasteiger partial charge in [-0.2, -0.15) is 13.2 Å². The number of alkyl halides is 3. The molecule has 1 fully saturated rings. The normalized spacial score (nSPS) is 14.7. The molecule has 0 atom stereocenters. The Bertz CT molecular complexity index is 1270. The van der Waals surface area contributed by atoms with E-state index in [-0.39, 0.29) is 30.4 Å². The first kappa shape index (κ1) is 24.2. The second kappa shape index (κ2) is 9.35. The highest BCUT2D eigenvalue weighted by atomic mass is 19.4. The molecule has 2 aromatic carbocycles. The second-order valence-corrected chi connectivity index (χ2v) is 8.22. The number of carbonyl (C=O) groups excluding carboxylic acids is 1. The fourth-order valence-corrected chi connectivity index (χ4v) is 4.15. The molecule has 1 amide bonds. The standard InChI is InChI=1S/C23H21F4N5O3/c1-14-28-8-11-31(14)19-5-3-17(13-18(19)24)29-22(33)15-6-9-30(10-7-15)20-4-2-16(23(25,26)27)12-21(20)32(34)35/h2-5,8,11-13,15H,6-7,9-10H2,1H3,(H,29,33).